The topological polar surface area (TPSA) is 104 Å². The molecule has 1 aromatic heterocycles. The van der Waals surface area contributed by atoms with E-state index in [0.29, 0.717) is 5.69 Å². The Bertz CT molecular complexity index is 539. The van der Waals surface area contributed by atoms with Crippen molar-refractivity contribution in [3.8, 4) is 0 Å². The smallest absolute Gasteiger partial charge is 0.356 e. The summed E-state index contributed by atoms with van der Waals surface area (Å²) in [5, 5.41) is 2.47. The summed E-state index contributed by atoms with van der Waals surface area (Å²) < 4.78 is 25.6. The lowest BCUT2D eigenvalue weighted by atomic mass is 10.3. The van der Waals surface area contributed by atoms with Crippen molar-refractivity contribution < 1.29 is 27.9 Å². The van der Waals surface area contributed by atoms with E-state index in [0.717, 1.165) is 0 Å². The van der Waals surface area contributed by atoms with Gasteiger partial charge in [0.1, 0.15) is 11.9 Å². The van der Waals surface area contributed by atoms with Gasteiger partial charge >= 0.3 is 13.6 Å². The van der Waals surface area contributed by atoms with Crippen LogP contribution in [0, 0.1) is 0 Å². The lowest BCUT2D eigenvalue weighted by Gasteiger charge is -2.13. The molecule has 0 saturated heterocycles. The zero-order valence-electron chi connectivity index (χ0n) is 11.3. The van der Waals surface area contributed by atoms with Crippen molar-refractivity contribution >= 4 is 25.2 Å². The molecule has 20 heavy (non-hydrogen) atoms. The minimum atomic E-state index is -3.43. The molecule has 0 aliphatic rings. The number of carbonyl (C=O) groups excluding carboxylic acids is 2. The first-order valence-electron chi connectivity index (χ1n) is 5.49. The number of anilines is 1. The third-order valence-corrected chi connectivity index (χ3v) is 4.12. The summed E-state index contributed by atoms with van der Waals surface area (Å²) in [4.78, 5) is 26.8. The predicted molar refractivity (Wildman–Crippen MR) is 70.7 cm³/mol. The van der Waals surface area contributed by atoms with Gasteiger partial charge in [-0.25, -0.2) is 9.78 Å². The molecule has 0 atom stereocenters. The van der Waals surface area contributed by atoms with Crippen molar-refractivity contribution in [3.05, 3.63) is 24.0 Å². The summed E-state index contributed by atoms with van der Waals surface area (Å²) in [6.45, 7) is 0. The van der Waals surface area contributed by atoms with Crippen LogP contribution >= 0.6 is 7.60 Å². The van der Waals surface area contributed by atoms with Crippen molar-refractivity contribution in [1.29, 1.82) is 0 Å². The van der Waals surface area contributed by atoms with Crippen LogP contribution < -0.4 is 5.32 Å². The Morgan fingerprint density at radius 2 is 1.95 bits per heavy atom. The highest BCUT2D eigenvalue weighted by Crippen LogP contribution is 2.45. The molecule has 1 amide bonds. The minimum Gasteiger partial charge on any atom is -0.464 e. The predicted octanol–water partition coefficient (Wildman–Crippen LogP) is 1.29. The molecule has 1 N–H and O–H groups in total. The number of nitrogens with zero attached hydrogens (tertiary/aromatic N) is 1. The lowest BCUT2D eigenvalue weighted by Crippen LogP contribution is -2.18. The SMILES string of the molecule is COC(=O)c1cc(NC(=O)CP(=O)(OC)OC)ccn1. The van der Waals surface area contributed by atoms with Crippen LogP contribution in [0.3, 0.4) is 0 Å². The van der Waals surface area contributed by atoms with Gasteiger partial charge in [-0.15, -0.1) is 0 Å². The van der Waals surface area contributed by atoms with Crippen molar-refractivity contribution in [2.24, 2.45) is 0 Å². The van der Waals surface area contributed by atoms with Gasteiger partial charge in [-0.1, -0.05) is 0 Å². The van der Waals surface area contributed by atoms with Crippen molar-refractivity contribution in [3.63, 3.8) is 0 Å². The van der Waals surface area contributed by atoms with Crippen LogP contribution in [-0.4, -0.2) is 44.4 Å². The normalized spacial score (nSPS) is 10.9. The van der Waals surface area contributed by atoms with Gasteiger partial charge in [0, 0.05) is 26.1 Å². The first-order valence-corrected chi connectivity index (χ1v) is 7.21. The lowest BCUT2D eigenvalue weighted by molar-refractivity contribution is -0.114. The molecule has 0 aromatic carbocycles. The summed E-state index contributed by atoms with van der Waals surface area (Å²) >= 11 is 0. The van der Waals surface area contributed by atoms with Gasteiger partial charge in [0.2, 0.25) is 5.91 Å². The van der Waals surface area contributed by atoms with Crippen LogP contribution in [0.4, 0.5) is 5.69 Å². The molecule has 0 radical (unpaired) electrons. The van der Waals surface area contributed by atoms with E-state index in [9.17, 15) is 14.2 Å². The van der Waals surface area contributed by atoms with Crippen LogP contribution in [0.25, 0.3) is 0 Å². The number of esters is 1. The van der Waals surface area contributed by atoms with Crippen LogP contribution in [-0.2, 0) is 23.1 Å². The van der Waals surface area contributed by atoms with Gasteiger partial charge in [0.15, 0.2) is 0 Å². The monoisotopic (exact) mass is 302 g/mol. The molecule has 0 saturated carbocycles. The molecule has 0 bridgehead atoms. The molecule has 0 aliphatic heterocycles. The second kappa shape index (κ2) is 7.14. The summed E-state index contributed by atoms with van der Waals surface area (Å²) in [5.41, 5.74) is 0.371. The third-order valence-electron chi connectivity index (χ3n) is 2.33. The zero-order chi connectivity index (χ0) is 15.2. The van der Waals surface area contributed by atoms with Gasteiger partial charge in [0.05, 0.1) is 7.11 Å². The molecule has 0 spiro atoms. The Balaban J connectivity index is 2.76. The fourth-order valence-electron chi connectivity index (χ4n) is 1.30. The fourth-order valence-corrected chi connectivity index (χ4v) is 2.14. The van der Waals surface area contributed by atoms with E-state index in [2.05, 4.69) is 24.1 Å². The fraction of sp³-hybridized carbons (Fsp3) is 0.364. The van der Waals surface area contributed by atoms with Crippen molar-refractivity contribution in [2.75, 3.05) is 32.8 Å². The molecule has 0 fully saturated rings. The molecule has 0 aliphatic carbocycles. The molecule has 1 heterocycles. The van der Waals surface area contributed by atoms with E-state index in [1.165, 1.54) is 39.7 Å². The molecular formula is C11H15N2O6P. The Morgan fingerprint density at radius 3 is 2.50 bits per heavy atom. The molecule has 110 valence electrons. The number of methoxy groups -OCH3 is 1. The van der Waals surface area contributed by atoms with E-state index in [1.807, 2.05) is 0 Å². The van der Waals surface area contributed by atoms with Gasteiger partial charge in [-0.05, 0) is 12.1 Å². The molecule has 8 nitrogen and oxygen atoms in total. The Morgan fingerprint density at radius 1 is 1.30 bits per heavy atom. The first-order chi connectivity index (χ1) is 9.44. The highest BCUT2D eigenvalue weighted by Gasteiger charge is 2.25. The maximum atomic E-state index is 11.8. The maximum absolute atomic E-state index is 11.8. The number of ether oxygens (including phenoxy) is 1. The highest BCUT2D eigenvalue weighted by atomic mass is 31.2. The Labute approximate surface area is 116 Å². The molecule has 1 rings (SSSR count). The average molecular weight is 302 g/mol. The summed E-state index contributed by atoms with van der Waals surface area (Å²) in [7, 11) is 0.182. The number of nitrogens with one attached hydrogen (secondary N) is 1. The van der Waals surface area contributed by atoms with Crippen molar-refractivity contribution in [2.45, 2.75) is 0 Å². The second-order valence-electron chi connectivity index (χ2n) is 3.60. The number of amides is 1. The van der Waals surface area contributed by atoms with Crippen LogP contribution in [0.5, 0.6) is 0 Å². The van der Waals surface area contributed by atoms with Gasteiger partial charge in [-0.3, -0.25) is 9.36 Å². The van der Waals surface area contributed by atoms with Crippen molar-refractivity contribution in [1.82, 2.24) is 4.98 Å². The largest absolute Gasteiger partial charge is 0.464 e. The summed E-state index contributed by atoms with van der Waals surface area (Å²) in [6, 6.07) is 2.82. The van der Waals surface area contributed by atoms with Gasteiger partial charge in [-0.2, -0.15) is 0 Å². The number of rotatable bonds is 6. The van der Waals surface area contributed by atoms with E-state index >= 15 is 0 Å². The van der Waals surface area contributed by atoms with E-state index in [4.69, 9.17) is 0 Å². The number of carbonyl (C=O) groups is 2. The molecule has 9 heteroatoms. The summed E-state index contributed by atoms with van der Waals surface area (Å²) in [6.07, 6.45) is 0.907. The van der Waals surface area contributed by atoms with E-state index in [1.54, 1.807) is 0 Å². The number of pyridine rings is 1. The van der Waals surface area contributed by atoms with Crippen LogP contribution in [0.2, 0.25) is 0 Å². The Hall–Kier alpha value is -1.76. The van der Waals surface area contributed by atoms with E-state index in [-0.39, 0.29) is 5.69 Å². The van der Waals surface area contributed by atoms with Gasteiger partial charge in [0.25, 0.3) is 0 Å². The number of hydrogen-bond acceptors (Lipinski definition) is 7. The average Bonchev–Trinajstić information content (AvgIpc) is 2.46. The Kier molecular flexibility index (Phi) is 5.82. The minimum absolute atomic E-state index is 0.0481. The number of hydrogen-bond donors (Lipinski definition) is 1. The van der Waals surface area contributed by atoms with Gasteiger partial charge < -0.3 is 19.1 Å². The summed E-state index contributed by atoms with van der Waals surface area (Å²) in [5.74, 6) is -1.19. The number of aromatic nitrogens is 1. The quantitative estimate of drug-likeness (QED) is 0.623. The third kappa shape index (κ3) is 4.41. The van der Waals surface area contributed by atoms with E-state index < -0.39 is 25.6 Å². The van der Waals surface area contributed by atoms with Crippen LogP contribution in [0.15, 0.2) is 18.3 Å². The standard InChI is InChI=1S/C11H15N2O6P/c1-17-11(15)9-6-8(4-5-12-9)13-10(14)7-20(16,18-2)19-3/h4-6H,7H2,1-3H3,(H,12,13,14). The molecule has 0 unspecified atom stereocenters. The van der Waals surface area contributed by atoms with Crippen LogP contribution in [0.1, 0.15) is 10.5 Å². The first kappa shape index (κ1) is 16.3. The maximum Gasteiger partial charge on any atom is 0.356 e. The zero-order valence-corrected chi connectivity index (χ0v) is 12.2. The molecular weight excluding hydrogens is 287 g/mol. The second-order valence-corrected chi connectivity index (χ2v) is 5.87. The highest BCUT2D eigenvalue weighted by molar-refractivity contribution is 7.54. The molecule has 1 aromatic rings.